The first-order valence-electron chi connectivity index (χ1n) is 21.8. The first-order valence-corrected chi connectivity index (χ1v) is 21.8. The Hall–Kier alpha value is -6.52. The number of rotatable bonds is 4. The third-order valence-corrected chi connectivity index (χ3v) is 13.4. The lowest BCUT2D eigenvalue weighted by Crippen LogP contribution is -2.53. The molecule has 0 spiro atoms. The molecule has 3 nitrogen and oxygen atoms in total. The normalized spacial score (nSPS) is 13.0. The van der Waals surface area contributed by atoms with Gasteiger partial charge in [0.15, 0.2) is 0 Å². The molecule has 0 fully saturated rings. The molecule has 1 aliphatic rings. The van der Waals surface area contributed by atoms with Crippen molar-refractivity contribution in [2.24, 2.45) is 0 Å². The van der Waals surface area contributed by atoms with Crippen LogP contribution in [0.5, 0.6) is 0 Å². The van der Waals surface area contributed by atoms with E-state index in [4.69, 9.17) is 4.42 Å². The van der Waals surface area contributed by atoms with Gasteiger partial charge in [-0.1, -0.05) is 161 Å². The zero-order valence-corrected chi connectivity index (χ0v) is 36.7. The van der Waals surface area contributed by atoms with E-state index >= 15 is 0 Å². The number of hydrogen-bond donors (Lipinski definition) is 0. The maximum atomic E-state index is 7.35. The molecule has 4 heteroatoms. The molecule has 11 rings (SSSR count). The van der Waals surface area contributed by atoms with Crippen LogP contribution in [0, 0.1) is 20.8 Å². The van der Waals surface area contributed by atoms with Gasteiger partial charge in [-0.2, -0.15) is 0 Å². The molecule has 3 heterocycles. The highest BCUT2D eigenvalue weighted by molar-refractivity contribution is 6.89. The van der Waals surface area contributed by atoms with Gasteiger partial charge in [-0.15, -0.1) is 0 Å². The van der Waals surface area contributed by atoms with Crippen molar-refractivity contribution in [3.05, 3.63) is 173 Å². The van der Waals surface area contributed by atoms with E-state index in [0.29, 0.717) is 0 Å². The van der Waals surface area contributed by atoms with Gasteiger partial charge in [0.2, 0.25) is 0 Å². The molecule has 0 saturated carbocycles. The summed E-state index contributed by atoms with van der Waals surface area (Å²) < 4.78 is 9.98. The summed E-state index contributed by atoms with van der Waals surface area (Å²) in [7, 11) is 0. The van der Waals surface area contributed by atoms with E-state index < -0.39 is 0 Å². The molecule has 298 valence electrons. The summed E-state index contributed by atoms with van der Waals surface area (Å²) in [6, 6.07) is 54.6. The lowest BCUT2D eigenvalue weighted by atomic mass is 9.45. The van der Waals surface area contributed by atoms with Crippen LogP contribution in [0.15, 0.2) is 150 Å². The first-order chi connectivity index (χ1) is 29.3. The van der Waals surface area contributed by atoms with Crippen LogP contribution in [0.1, 0.15) is 69.4 Å². The second-order valence-corrected chi connectivity index (χ2v) is 19.6. The SMILES string of the molecule is Cc1cc(C)c(B2c3c(cc(N(c4cc(C(C)(C)C)cc(C(C)(C)C)c4)c4ccc5ccccc5c4)c4c3oc3ccccc34)-c3cccc4c5ccccc5n2c34)c(C)c1. The van der Waals surface area contributed by atoms with Gasteiger partial charge in [0, 0.05) is 49.6 Å². The number of hydrogen-bond acceptors (Lipinski definition) is 2. The molecule has 10 aromatic rings. The van der Waals surface area contributed by atoms with E-state index in [-0.39, 0.29) is 17.7 Å². The summed E-state index contributed by atoms with van der Waals surface area (Å²) in [5.41, 5.74) is 19.0. The zero-order valence-electron chi connectivity index (χ0n) is 36.7. The van der Waals surface area contributed by atoms with Crippen molar-refractivity contribution in [2.75, 3.05) is 4.90 Å². The van der Waals surface area contributed by atoms with Crippen molar-refractivity contribution in [1.82, 2.24) is 4.48 Å². The number of benzene rings is 8. The molecule has 0 unspecified atom stereocenters. The van der Waals surface area contributed by atoms with E-state index in [2.05, 4.69) is 217 Å². The van der Waals surface area contributed by atoms with Crippen LogP contribution in [0.3, 0.4) is 0 Å². The number of anilines is 3. The molecule has 0 N–H and O–H groups in total. The van der Waals surface area contributed by atoms with Gasteiger partial charge in [-0.05, 0) is 107 Å². The molecule has 0 radical (unpaired) electrons. The van der Waals surface area contributed by atoms with Crippen LogP contribution >= 0.6 is 0 Å². The molecule has 61 heavy (non-hydrogen) atoms. The standard InChI is InChI=1S/C57H51BN2O/c1-34-27-35(2)52(36(3)28-34)58-53-47(45-22-16-21-44-43-19-12-14-23-48(43)60(58)54(44)45)33-49(51-46-20-13-15-24-50(46)61-55(51)53)59(41-26-25-37-17-10-11-18-38(37)29-41)42-31-39(56(4,5)6)30-40(32-42)57(7,8)9/h10-33H,1-9H3. The van der Waals surface area contributed by atoms with Crippen molar-refractivity contribution >= 4 is 89.4 Å². The minimum Gasteiger partial charge on any atom is -0.456 e. The summed E-state index contributed by atoms with van der Waals surface area (Å²) >= 11 is 0. The maximum absolute atomic E-state index is 7.35. The number of nitrogens with zero attached hydrogens (tertiary/aromatic N) is 2. The Morgan fingerprint density at radius 3 is 1.89 bits per heavy atom. The Kier molecular flexibility index (Phi) is 8.14. The van der Waals surface area contributed by atoms with E-state index in [1.165, 1.54) is 82.4 Å². The summed E-state index contributed by atoms with van der Waals surface area (Å²) in [5, 5.41) is 7.21. The average molecular weight is 791 g/mol. The Bertz CT molecular complexity index is 3390. The predicted molar refractivity (Wildman–Crippen MR) is 263 cm³/mol. The molecule has 2 aromatic heterocycles. The molecule has 0 aliphatic carbocycles. The molecule has 0 bridgehead atoms. The minimum absolute atomic E-state index is 0.0708. The van der Waals surface area contributed by atoms with Crippen molar-refractivity contribution in [3.63, 3.8) is 0 Å². The largest absolute Gasteiger partial charge is 0.456 e. The maximum Gasteiger partial charge on any atom is 0.333 e. The zero-order chi connectivity index (χ0) is 42.1. The van der Waals surface area contributed by atoms with Crippen LogP contribution in [0.4, 0.5) is 17.1 Å². The Labute approximate surface area is 359 Å². The van der Waals surface area contributed by atoms with Gasteiger partial charge in [0.1, 0.15) is 11.2 Å². The summed E-state index contributed by atoms with van der Waals surface area (Å²) in [6.45, 7) is 20.6. The van der Waals surface area contributed by atoms with Crippen molar-refractivity contribution < 1.29 is 4.42 Å². The van der Waals surface area contributed by atoms with Crippen LogP contribution < -0.4 is 15.8 Å². The quantitative estimate of drug-likeness (QED) is 0.166. The molecule has 8 aromatic carbocycles. The number of aryl methyl sites for hydroxylation is 3. The van der Waals surface area contributed by atoms with Crippen LogP contribution in [0.25, 0.3) is 65.6 Å². The van der Waals surface area contributed by atoms with Gasteiger partial charge in [0.25, 0.3) is 0 Å². The predicted octanol–water partition coefficient (Wildman–Crippen LogP) is 14.5. The van der Waals surface area contributed by atoms with Gasteiger partial charge >= 0.3 is 6.85 Å². The van der Waals surface area contributed by atoms with E-state index in [9.17, 15) is 0 Å². The van der Waals surface area contributed by atoms with Crippen LogP contribution in [-0.2, 0) is 10.8 Å². The van der Waals surface area contributed by atoms with Gasteiger partial charge < -0.3 is 13.8 Å². The van der Waals surface area contributed by atoms with Crippen molar-refractivity contribution in [2.45, 2.75) is 73.1 Å². The van der Waals surface area contributed by atoms with E-state index in [0.717, 1.165) is 39.0 Å². The minimum atomic E-state index is -0.129. The third kappa shape index (κ3) is 5.72. The van der Waals surface area contributed by atoms with Crippen LogP contribution in [-0.4, -0.2) is 11.3 Å². The fraction of sp³-hybridized carbons (Fsp3) is 0.193. The number of fused-ring (bicyclic) bond motifs is 10. The summed E-state index contributed by atoms with van der Waals surface area (Å²) in [6.07, 6.45) is 0. The number of para-hydroxylation sites is 3. The van der Waals surface area contributed by atoms with Crippen molar-refractivity contribution in [1.29, 1.82) is 0 Å². The van der Waals surface area contributed by atoms with Gasteiger partial charge in [-0.3, -0.25) is 0 Å². The van der Waals surface area contributed by atoms with Gasteiger partial charge in [0.05, 0.1) is 11.1 Å². The monoisotopic (exact) mass is 790 g/mol. The molecule has 0 saturated heterocycles. The first kappa shape index (κ1) is 37.5. The number of furan rings is 1. The fourth-order valence-corrected chi connectivity index (χ4v) is 10.5. The molecular weight excluding hydrogens is 739 g/mol. The molecule has 0 atom stereocenters. The fourth-order valence-electron chi connectivity index (χ4n) is 10.5. The molecular formula is C57H51BN2O. The summed E-state index contributed by atoms with van der Waals surface area (Å²) in [4.78, 5) is 2.53. The number of aromatic nitrogens is 1. The smallest absolute Gasteiger partial charge is 0.333 e. The Morgan fingerprint density at radius 2 is 1.16 bits per heavy atom. The van der Waals surface area contributed by atoms with Crippen LogP contribution in [0.2, 0.25) is 0 Å². The lowest BCUT2D eigenvalue weighted by molar-refractivity contribution is 0.569. The van der Waals surface area contributed by atoms with E-state index in [1.807, 2.05) is 0 Å². The third-order valence-electron chi connectivity index (χ3n) is 13.4. The highest BCUT2D eigenvalue weighted by Crippen LogP contribution is 2.49. The highest BCUT2D eigenvalue weighted by Gasteiger charge is 2.40. The second kappa shape index (κ2) is 13.2. The Balaban J connectivity index is 1.34. The highest BCUT2D eigenvalue weighted by atomic mass is 16.3. The average Bonchev–Trinajstić information content (AvgIpc) is 3.78. The lowest BCUT2D eigenvalue weighted by Gasteiger charge is -2.34. The van der Waals surface area contributed by atoms with Gasteiger partial charge in [-0.25, -0.2) is 0 Å². The Morgan fingerprint density at radius 1 is 0.525 bits per heavy atom. The molecule has 0 amide bonds. The second-order valence-electron chi connectivity index (χ2n) is 19.6. The topological polar surface area (TPSA) is 21.3 Å². The molecule has 1 aliphatic heterocycles. The summed E-state index contributed by atoms with van der Waals surface area (Å²) in [5.74, 6) is 0. The van der Waals surface area contributed by atoms with E-state index in [1.54, 1.807) is 0 Å². The van der Waals surface area contributed by atoms with Crippen molar-refractivity contribution in [3.8, 4) is 11.1 Å².